The quantitative estimate of drug-likeness (QED) is 0.905. The van der Waals surface area contributed by atoms with E-state index in [0.29, 0.717) is 0 Å². The summed E-state index contributed by atoms with van der Waals surface area (Å²) in [6, 6.07) is 6.24. The predicted octanol–water partition coefficient (Wildman–Crippen LogP) is 1.05. The van der Waals surface area contributed by atoms with Crippen molar-refractivity contribution in [3.8, 4) is 0 Å². The first kappa shape index (κ1) is 13.3. The molecule has 1 fully saturated rings. The van der Waals surface area contributed by atoms with Crippen molar-refractivity contribution in [1.29, 1.82) is 0 Å². The summed E-state index contributed by atoms with van der Waals surface area (Å²) in [5.41, 5.74) is 2.22. The highest BCUT2D eigenvalue weighted by Crippen LogP contribution is 2.25. The number of fused-ring (bicyclic) bond motifs is 1. The Morgan fingerprint density at radius 2 is 1.95 bits per heavy atom. The molecule has 1 aromatic heterocycles. The largest absolute Gasteiger partial charge is 0.395 e. The molecule has 1 N–H and O–H groups in total. The summed E-state index contributed by atoms with van der Waals surface area (Å²) in [6.07, 6.45) is 1.66. The number of aryl methyl sites for hydroxylation is 1. The van der Waals surface area contributed by atoms with Gasteiger partial charge in [0.15, 0.2) is 0 Å². The fourth-order valence-electron chi connectivity index (χ4n) is 2.80. The van der Waals surface area contributed by atoms with Gasteiger partial charge in [-0.05, 0) is 18.6 Å². The molecule has 1 aromatic carbocycles. The Morgan fingerprint density at radius 3 is 2.70 bits per heavy atom. The molecular weight excluding hydrogens is 252 g/mol. The first-order valence-corrected chi connectivity index (χ1v) is 7.08. The van der Waals surface area contributed by atoms with Gasteiger partial charge in [0, 0.05) is 38.1 Å². The van der Waals surface area contributed by atoms with Crippen molar-refractivity contribution in [2.45, 2.75) is 6.92 Å². The second kappa shape index (κ2) is 5.73. The van der Waals surface area contributed by atoms with Crippen molar-refractivity contribution in [2.75, 3.05) is 44.2 Å². The van der Waals surface area contributed by atoms with E-state index in [4.69, 9.17) is 5.11 Å². The van der Waals surface area contributed by atoms with E-state index < -0.39 is 0 Å². The number of β-amino-alcohol motifs (C(OH)–C–C–N with tert-alkyl or cyclic N) is 1. The molecule has 2 heterocycles. The molecule has 0 saturated carbocycles. The topological polar surface area (TPSA) is 52.5 Å². The number of aliphatic hydroxyl groups is 1. The lowest BCUT2D eigenvalue weighted by atomic mass is 10.1. The lowest BCUT2D eigenvalue weighted by Crippen LogP contribution is -2.47. The number of para-hydroxylation sites is 1. The summed E-state index contributed by atoms with van der Waals surface area (Å²) >= 11 is 0. The zero-order chi connectivity index (χ0) is 13.9. The Bertz CT molecular complexity index is 593. The van der Waals surface area contributed by atoms with Gasteiger partial charge in [0.2, 0.25) is 0 Å². The fraction of sp³-hybridized carbons (Fsp3) is 0.467. The van der Waals surface area contributed by atoms with Crippen molar-refractivity contribution in [2.24, 2.45) is 0 Å². The van der Waals surface area contributed by atoms with Crippen molar-refractivity contribution in [3.63, 3.8) is 0 Å². The molecule has 1 saturated heterocycles. The van der Waals surface area contributed by atoms with Gasteiger partial charge in [0.25, 0.3) is 0 Å². The molecule has 106 valence electrons. The Kier molecular flexibility index (Phi) is 3.80. The molecule has 0 amide bonds. The smallest absolute Gasteiger partial charge is 0.139 e. The zero-order valence-electron chi connectivity index (χ0n) is 11.8. The van der Waals surface area contributed by atoms with E-state index in [0.717, 1.165) is 49.4 Å². The van der Waals surface area contributed by atoms with Crippen LogP contribution in [-0.4, -0.2) is 59.3 Å². The first-order valence-electron chi connectivity index (χ1n) is 7.08. The van der Waals surface area contributed by atoms with Crippen LogP contribution in [0.2, 0.25) is 0 Å². The molecule has 0 bridgehead atoms. The van der Waals surface area contributed by atoms with E-state index >= 15 is 0 Å². The van der Waals surface area contributed by atoms with Gasteiger partial charge in [-0.25, -0.2) is 9.97 Å². The fourth-order valence-corrected chi connectivity index (χ4v) is 2.80. The normalized spacial score (nSPS) is 16.8. The van der Waals surface area contributed by atoms with Crippen LogP contribution in [0.15, 0.2) is 24.5 Å². The molecule has 5 heteroatoms. The van der Waals surface area contributed by atoms with E-state index in [9.17, 15) is 0 Å². The Hall–Kier alpha value is -1.72. The van der Waals surface area contributed by atoms with Gasteiger partial charge in [-0.1, -0.05) is 12.1 Å². The molecular formula is C15H20N4O. The summed E-state index contributed by atoms with van der Waals surface area (Å²) in [6.45, 7) is 6.90. The molecule has 5 nitrogen and oxygen atoms in total. The monoisotopic (exact) mass is 272 g/mol. The number of piperazine rings is 1. The standard InChI is InChI=1S/C15H20N4O/c1-12-3-2-4-13-14(12)16-11-17-15(13)19-7-5-18(6-8-19)9-10-20/h2-4,11,20H,5-10H2,1H3. The van der Waals surface area contributed by atoms with E-state index in [1.807, 2.05) is 0 Å². The van der Waals surface area contributed by atoms with E-state index in [-0.39, 0.29) is 6.61 Å². The maximum absolute atomic E-state index is 9.00. The molecule has 0 aliphatic carbocycles. The summed E-state index contributed by atoms with van der Waals surface area (Å²) in [5.74, 6) is 1.03. The predicted molar refractivity (Wildman–Crippen MR) is 80.0 cm³/mol. The average Bonchev–Trinajstić information content (AvgIpc) is 2.48. The minimum Gasteiger partial charge on any atom is -0.395 e. The third kappa shape index (κ3) is 2.46. The average molecular weight is 272 g/mol. The van der Waals surface area contributed by atoms with Crippen LogP contribution in [0.3, 0.4) is 0 Å². The Labute approximate surface area is 118 Å². The van der Waals surface area contributed by atoms with E-state index in [1.165, 1.54) is 5.56 Å². The van der Waals surface area contributed by atoms with Crippen LogP contribution in [0.25, 0.3) is 10.9 Å². The number of anilines is 1. The second-order valence-electron chi connectivity index (χ2n) is 5.22. The summed E-state index contributed by atoms with van der Waals surface area (Å²) in [5, 5.41) is 10.1. The maximum atomic E-state index is 9.00. The van der Waals surface area contributed by atoms with Crippen LogP contribution < -0.4 is 4.90 Å². The number of hydrogen-bond donors (Lipinski definition) is 1. The van der Waals surface area contributed by atoms with Gasteiger partial charge < -0.3 is 10.0 Å². The van der Waals surface area contributed by atoms with Crippen LogP contribution in [0.1, 0.15) is 5.56 Å². The van der Waals surface area contributed by atoms with Gasteiger partial charge in [-0.2, -0.15) is 0 Å². The van der Waals surface area contributed by atoms with Crippen LogP contribution in [0.5, 0.6) is 0 Å². The van der Waals surface area contributed by atoms with Gasteiger partial charge in [0.1, 0.15) is 12.1 Å². The number of rotatable bonds is 3. The number of aromatic nitrogens is 2. The Balaban J connectivity index is 1.86. The molecule has 1 aliphatic heterocycles. The van der Waals surface area contributed by atoms with Crippen LogP contribution in [-0.2, 0) is 0 Å². The van der Waals surface area contributed by atoms with Crippen molar-refractivity contribution in [3.05, 3.63) is 30.1 Å². The summed E-state index contributed by atoms with van der Waals surface area (Å²) in [4.78, 5) is 13.5. The Morgan fingerprint density at radius 1 is 1.15 bits per heavy atom. The van der Waals surface area contributed by atoms with Crippen LogP contribution >= 0.6 is 0 Å². The molecule has 3 rings (SSSR count). The minimum atomic E-state index is 0.232. The highest BCUT2D eigenvalue weighted by Gasteiger charge is 2.19. The van der Waals surface area contributed by atoms with Crippen molar-refractivity contribution in [1.82, 2.24) is 14.9 Å². The third-order valence-corrected chi connectivity index (χ3v) is 3.93. The second-order valence-corrected chi connectivity index (χ2v) is 5.22. The first-order chi connectivity index (χ1) is 9.79. The molecule has 1 aliphatic rings. The molecule has 2 aromatic rings. The SMILES string of the molecule is Cc1cccc2c(N3CCN(CCO)CC3)ncnc12. The van der Waals surface area contributed by atoms with Crippen LogP contribution in [0, 0.1) is 6.92 Å². The minimum absolute atomic E-state index is 0.232. The highest BCUT2D eigenvalue weighted by molar-refractivity contribution is 5.91. The number of benzene rings is 1. The lowest BCUT2D eigenvalue weighted by Gasteiger charge is -2.35. The van der Waals surface area contributed by atoms with Crippen LogP contribution in [0.4, 0.5) is 5.82 Å². The highest BCUT2D eigenvalue weighted by atomic mass is 16.3. The summed E-state index contributed by atoms with van der Waals surface area (Å²) in [7, 11) is 0. The lowest BCUT2D eigenvalue weighted by molar-refractivity contribution is 0.188. The molecule has 0 atom stereocenters. The van der Waals surface area contributed by atoms with Gasteiger partial charge in [-0.15, -0.1) is 0 Å². The molecule has 20 heavy (non-hydrogen) atoms. The molecule has 0 unspecified atom stereocenters. The number of nitrogens with zero attached hydrogens (tertiary/aromatic N) is 4. The maximum Gasteiger partial charge on any atom is 0.139 e. The van der Waals surface area contributed by atoms with E-state index in [1.54, 1.807) is 6.33 Å². The van der Waals surface area contributed by atoms with Crippen molar-refractivity contribution < 1.29 is 5.11 Å². The van der Waals surface area contributed by atoms with Crippen molar-refractivity contribution >= 4 is 16.7 Å². The number of aliphatic hydroxyl groups excluding tert-OH is 1. The van der Waals surface area contributed by atoms with E-state index in [2.05, 4.69) is 44.9 Å². The van der Waals surface area contributed by atoms with Gasteiger partial charge in [0.05, 0.1) is 12.1 Å². The van der Waals surface area contributed by atoms with Gasteiger partial charge in [-0.3, -0.25) is 4.90 Å². The summed E-state index contributed by atoms with van der Waals surface area (Å²) < 4.78 is 0. The molecule has 0 radical (unpaired) electrons. The third-order valence-electron chi connectivity index (χ3n) is 3.93. The zero-order valence-corrected chi connectivity index (χ0v) is 11.8. The number of hydrogen-bond acceptors (Lipinski definition) is 5. The van der Waals surface area contributed by atoms with Gasteiger partial charge >= 0.3 is 0 Å². The molecule has 0 spiro atoms.